The number of hydrogen-bond donors (Lipinski definition) is 2. The van der Waals surface area contributed by atoms with Crippen molar-refractivity contribution in [3.05, 3.63) is 23.8 Å². The molecule has 0 radical (unpaired) electrons. The highest BCUT2D eigenvalue weighted by Gasteiger charge is 2.01. The molecule has 3 nitrogen and oxygen atoms in total. The van der Waals surface area contributed by atoms with Crippen LogP contribution in [-0.2, 0) is 6.54 Å². The lowest BCUT2D eigenvalue weighted by molar-refractivity contribution is 0.373. The number of methoxy groups -OCH3 is 1. The molecule has 0 aliphatic rings. The third-order valence-electron chi connectivity index (χ3n) is 2.25. The van der Waals surface area contributed by atoms with Crippen LogP contribution in [0.25, 0.3) is 0 Å². The Balaban J connectivity index is 2.38. The second-order valence-electron chi connectivity index (χ2n) is 3.49. The molecule has 0 saturated carbocycles. The Kier molecular flexibility index (Phi) is 5.24. The van der Waals surface area contributed by atoms with Gasteiger partial charge < -0.3 is 15.2 Å². The third kappa shape index (κ3) is 3.84. The van der Waals surface area contributed by atoms with E-state index in [1.165, 1.54) is 7.11 Å². The van der Waals surface area contributed by atoms with E-state index >= 15 is 0 Å². The molecule has 0 atom stereocenters. The Morgan fingerprint density at radius 2 is 2.31 bits per heavy atom. The normalized spacial score (nSPS) is 9.75. The number of benzene rings is 1. The highest BCUT2D eigenvalue weighted by Crippen LogP contribution is 2.25. The number of nitrogens with one attached hydrogen (secondary N) is 1. The number of terminal acetylenes is 1. The SMILES string of the molecule is C#CCCCNCc1ccc(OC)c(O)c1. The molecule has 86 valence electrons. The van der Waals surface area contributed by atoms with Gasteiger partial charge in [0.05, 0.1) is 7.11 Å². The van der Waals surface area contributed by atoms with Gasteiger partial charge >= 0.3 is 0 Å². The van der Waals surface area contributed by atoms with E-state index in [1.54, 1.807) is 12.1 Å². The van der Waals surface area contributed by atoms with Gasteiger partial charge in [0.25, 0.3) is 0 Å². The number of phenolic OH excluding ortho intramolecular Hbond substituents is 1. The predicted octanol–water partition coefficient (Wildman–Crippen LogP) is 1.90. The molecule has 0 heterocycles. The van der Waals surface area contributed by atoms with Gasteiger partial charge in [-0.3, -0.25) is 0 Å². The monoisotopic (exact) mass is 219 g/mol. The maximum Gasteiger partial charge on any atom is 0.160 e. The third-order valence-corrected chi connectivity index (χ3v) is 2.25. The van der Waals surface area contributed by atoms with Crippen LogP contribution < -0.4 is 10.1 Å². The van der Waals surface area contributed by atoms with Crippen molar-refractivity contribution in [2.45, 2.75) is 19.4 Å². The van der Waals surface area contributed by atoms with Gasteiger partial charge in [-0.1, -0.05) is 6.07 Å². The van der Waals surface area contributed by atoms with Crippen LogP contribution in [0.15, 0.2) is 18.2 Å². The van der Waals surface area contributed by atoms with Gasteiger partial charge in [0.1, 0.15) is 0 Å². The summed E-state index contributed by atoms with van der Waals surface area (Å²) in [5.41, 5.74) is 1.03. The zero-order valence-electron chi connectivity index (χ0n) is 9.49. The Bertz CT molecular complexity index is 369. The molecule has 0 aromatic heterocycles. The minimum atomic E-state index is 0.172. The average molecular weight is 219 g/mol. The molecular weight excluding hydrogens is 202 g/mol. The zero-order valence-corrected chi connectivity index (χ0v) is 9.49. The van der Waals surface area contributed by atoms with Crippen LogP contribution in [0, 0.1) is 12.3 Å². The van der Waals surface area contributed by atoms with Crippen LogP contribution in [0.3, 0.4) is 0 Å². The Hall–Kier alpha value is -1.66. The Labute approximate surface area is 96.4 Å². The number of rotatable bonds is 6. The molecule has 0 amide bonds. The summed E-state index contributed by atoms with van der Waals surface area (Å²) in [6, 6.07) is 5.38. The van der Waals surface area contributed by atoms with Crippen LogP contribution in [0.2, 0.25) is 0 Å². The average Bonchev–Trinajstić information content (AvgIpc) is 2.29. The zero-order chi connectivity index (χ0) is 11.8. The first kappa shape index (κ1) is 12.4. The van der Waals surface area contributed by atoms with Crippen molar-refractivity contribution in [2.75, 3.05) is 13.7 Å². The quantitative estimate of drug-likeness (QED) is 0.567. The van der Waals surface area contributed by atoms with E-state index < -0.39 is 0 Å². The van der Waals surface area contributed by atoms with Crippen LogP contribution in [-0.4, -0.2) is 18.8 Å². The number of ether oxygens (including phenoxy) is 1. The summed E-state index contributed by atoms with van der Waals surface area (Å²) in [7, 11) is 1.53. The highest BCUT2D eigenvalue weighted by atomic mass is 16.5. The van der Waals surface area contributed by atoms with Crippen molar-refractivity contribution < 1.29 is 9.84 Å². The second-order valence-corrected chi connectivity index (χ2v) is 3.49. The molecular formula is C13H17NO2. The van der Waals surface area contributed by atoms with Crippen molar-refractivity contribution in [1.29, 1.82) is 0 Å². The summed E-state index contributed by atoms with van der Waals surface area (Å²) in [4.78, 5) is 0. The first-order valence-electron chi connectivity index (χ1n) is 5.28. The number of unbranched alkanes of at least 4 members (excludes halogenated alkanes) is 1. The molecule has 0 unspecified atom stereocenters. The second kappa shape index (κ2) is 6.76. The van der Waals surface area contributed by atoms with E-state index in [0.29, 0.717) is 5.75 Å². The van der Waals surface area contributed by atoms with E-state index in [2.05, 4.69) is 11.2 Å². The largest absolute Gasteiger partial charge is 0.504 e. The van der Waals surface area contributed by atoms with Crippen molar-refractivity contribution in [1.82, 2.24) is 5.32 Å². The molecule has 0 bridgehead atoms. The highest BCUT2D eigenvalue weighted by molar-refractivity contribution is 5.41. The summed E-state index contributed by atoms with van der Waals surface area (Å²) in [6.07, 6.45) is 6.91. The van der Waals surface area contributed by atoms with Crippen LogP contribution in [0.4, 0.5) is 0 Å². The van der Waals surface area contributed by atoms with E-state index in [-0.39, 0.29) is 5.75 Å². The van der Waals surface area contributed by atoms with Crippen molar-refractivity contribution in [3.63, 3.8) is 0 Å². The fourth-order valence-corrected chi connectivity index (χ4v) is 1.39. The minimum absolute atomic E-state index is 0.172. The van der Waals surface area contributed by atoms with Gasteiger partial charge in [-0.2, -0.15) is 0 Å². The van der Waals surface area contributed by atoms with Crippen LogP contribution in [0.1, 0.15) is 18.4 Å². The minimum Gasteiger partial charge on any atom is -0.504 e. The van der Waals surface area contributed by atoms with E-state index in [9.17, 15) is 5.11 Å². The Morgan fingerprint density at radius 3 is 2.94 bits per heavy atom. The molecule has 2 N–H and O–H groups in total. The first-order valence-corrected chi connectivity index (χ1v) is 5.28. The van der Waals surface area contributed by atoms with Crippen molar-refractivity contribution in [3.8, 4) is 23.8 Å². The molecule has 3 heteroatoms. The standard InChI is InChI=1S/C13H17NO2/c1-3-4-5-8-14-10-11-6-7-13(16-2)12(15)9-11/h1,6-7,9,14-15H,4-5,8,10H2,2H3. The lowest BCUT2D eigenvalue weighted by Gasteiger charge is -2.07. The van der Waals surface area contributed by atoms with Gasteiger partial charge in [0, 0.05) is 13.0 Å². The van der Waals surface area contributed by atoms with E-state index in [1.807, 2.05) is 6.07 Å². The first-order chi connectivity index (χ1) is 7.77. The molecule has 0 aliphatic heterocycles. The maximum atomic E-state index is 9.55. The number of aromatic hydroxyl groups is 1. The molecule has 0 spiro atoms. The summed E-state index contributed by atoms with van der Waals surface area (Å²) < 4.78 is 4.96. The summed E-state index contributed by atoms with van der Waals surface area (Å²) in [5, 5.41) is 12.8. The molecule has 0 saturated heterocycles. The summed E-state index contributed by atoms with van der Waals surface area (Å²) in [5.74, 6) is 3.26. The van der Waals surface area contributed by atoms with Crippen LogP contribution >= 0.6 is 0 Å². The Morgan fingerprint density at radius 1 is 1.50 bits per heavy atom. The summed E-state index contributed by atoms with van der Waals surface area (Å²) in [6.45, 7) is 1.61. The maximum absolute atomic E-state index is 9.55. The fourth-order valence-electron chi connectivity index (χ4n) is 1.39. The lowest BCUT2D eigenvalue weighted by Crippen LogP contribution is -2.14. The molecule has 16 heavy (non-hydrogen) atoms. The summed E-state index contributed by atoms with van der Waals surface area (Å²) >= 11 is 0. The molecule has 1 rings (SSSR count). The van der Waals surface area contributed by atoms with Crippen LogP contribution in [0.5, 0.6) is 11.5 Å². The van der Waals surface area contributed by atoms with Crippen molar-refractivity contribution >= 4 is 0 Å². The van der Waals surface area contributed by atoms with E-state index in [0.717, 1.165) is 31.5 Å². The van der Waals surface area contributed by atoms with Gasteiger partial charge in [-0.15, -0.1) is 12.3 Å². The van der Waals surface area contributed by atoms with E-state index in [4.69, 9.17) is 11.2 Å². The lowest BCUT2D eigenvalue weighted by atomic mass is 10.2. The molecule has 1 aromatic carbocycles. The van der Waals surface area contributed by atoms with Crippen molar-refractivity contribution in [2.24, 2.45) is 0 Å². The topological polar surface area (TPSA) is 41.5 Å². The predicted molar refractivity (Wildman–Crippen MR) is 64.4 cm³/mol. The number of phenols is 1. The molecule has 0 aliphatic carbocycles. The number of hydrogen-bond acceptors (Lipinski definition) is 3. The smallest absolute Gasteiger partial charge is 0.160 e. The van der Waals surface area contributed by atoms with Gasteiger partial charge in [-0.05, 0) is 30.7 Å². The van der Waals surface area contributed by atoms with Gasteiger partial charge in [0.2, 0.25) is 0 Å². The molecule has 0 fully saturated rings. The van der Waals surface area contributed by atoms with Gasteiger partial charge in [0.15, 0.2) is 11.5 Å². The van der Waals surface area contributed by atoms with Gasteiger partial charge in [-0.25, -0.2) is 0 Å². The fraction of sp³-hybridized carbons (Fsp3) is 0.385. The molecule has 1 aromatic rings.